The molecule has 7 heteroatoms. The molecule has 3 N–H and O–H groups in total. The monoisotopic (exact) mass is 355 g/mol. The molecule has 1 aliphatic carbocycles. The number of hydrogen-bond donors (Lipinski definition) is 3. The van der Waals surface area contributed by atoms with Gasteiger partial charge < -0.3 is 20.4 Å². The number of amides is 1. The predicted octanol–water partition coefficient (Wildman–Crippen LogP) is 2.07. The molecule has 1 saturated carbocycles. The maximum Gasteiger partial charge on any atom is 0.226 e. The first-order valence-corrected chi connectivity index (χ1v) is 8.98. The van der Waals surface area contributed by atoms with Crippen LogP contribution in [-0.2, 0) is 11.3 Å². The standard InChI is InChI=1S/C19H25N5O2/c1-20-19(21-11-5-8-17(25)23-15-9-10-15)22-12-16-13-26-18(24-16)14-6-3-2-4-7-14/h2-4,6-7,13,15H,5,8-12H2,1H3,(H,23,25)(H2,20,21,22). The lowest BCUT2D eigenvalue weighted by Crippen LogP contribution is -2.37. The number of hydrogen-bond acceptors (Lipinski definition) is 4. The quantitative estimate of drug-likeness (QED) is 0.383. The molecule has 1 aliphatic rings. The molecule has 0 saturated heterocycles. The fourth-order valence-electron chi connectivity index (χ4n) is 2.48. The normalized spacial score (nSPS) is 14.1. The third-order valence-electron chi connectivity index (χ3n) is 4.05. The summed E-state index contributed by atoms with van der Waals surface area (Å²) in [6, 6.07) is 10.2. The maximum atomic E-state index is 11.6. The van der Waals surface area contributed by atoms with E-state index in [2.05, 4.69) is 25.9 Å². The minimum Gasteiger partial charge on any atom is -0.444 e. The Bertz CT molecular complexity index is 737. The summed E-state index contributed by atoms with van der Waals surface area (Å²) in [5.41, 5.74) is 1.75. The zero-order valence-electron chi connectivity index (χ0n) is 15.0. The molecule has 1 aromatic carbocycles. The highest BCUT2D eigenvalue weighted by Gasteiger charge is 2.22. The summed E-state index contributed by atoms with van der Waals surface area (Å²) >= 11 is 0. The molecule has 1 fully saturated rings. The Morgan fingerprint density at radius 2 is 2.08 bits per heavy atom. The fourth-order valence-corrected chi connectivity index (χ4v) is 2.48. The number of benzene rings is 1. The second-order valence-corrected chi connectivity index (χ2v) is 6.31. The number of carbonyl (C=O) groups is 1. The molecule has 7 nitrogen and oxygen atoms in total. The third kappa shape index (κ3) is 5.61. The van der Waals surface area contributed by atoms with E-state index < -0.39 is 0 Å². The molecular weight excluding hydrogens is 330 g/mol. The molecule has 1 amide bonds. The second kappa shape index (κ2) is 9.03. The van der Waals surface area contributed by atoms with Crippen LogP contribution in [0.15, 0.2) is 46.0 Å². The molecule has 26 heavy (non-hydrogen) atoms. The topological polar surface area (TPSA) is 91.5 Å². The van der Waals surface area contributed by atoms with E-state index in [-0.39, 0.29) is 5.91 Å². The third-order valence-corrected chi connectivity index (χ3v) is 4.05. The Kier molecular flexibility index (Phi) is 6.24. The first kappa shape index (κ1) is 18.0. The van der Waals surface area contributed by atoms with Gasteiger partial charge in [-0.05, 0) is 31.4 Å². The van der Waals surface area contributed by atoms with Crippen molar-refractivity contribution in [1.29, 1.82) is 0 Å². The van der Waals surface area contributed by atoms with E-state index in [4.69, 9.17) is 4.42 Å². The smallest absolute Gasteiger partial charge is 0.226 e. The lowest BCUT2D eigenvalue weighted by molar-refractivity contribution is -0.121. The first-order valence-electron chi connectivity index (χ1n) is 8.98. The largest absolute Gasteiger partial charge is 0.444 e. The van der Waals surface area contributed by atoms with Crippen LogP contribution in [0.4, 0.5) is 0 Å². The fraction of sp³-hybridized carbons (Fsp3) is 0.421. The van der Waals surface area contributed by atoms with Gasteiger partial charge in [0.15, 0.2) is 5.96 Å². The summed E-state index contributed by atoms with van der Waals surface area (Å²) in [5.74, 6) is 1.41. The molecule has 3 rings (SSSR count). The van der Waals surface area contributed by atoms with Gasteiger partial charge in [0.05, 0.1) is 12.2 Å². The van der Waals surface area contributed by atoms with E-state index in [9.17, 15) is 4.79 Å². The zero-order valence-corrected chi connectivity index (χ0v) is 15.0. The Hall–Kier alpha value is -2.83. The molecule has 0 aliphatic heterocycles. The molecule has 0 spiro atoms. The molecular formula is C19H25N5O2. The average Bonchev–Trinajstić information content (AvgIpc) is 3.35. The van der Waals surface area contributed by atoms with Crippen molar-refractivity contribution in [2.45, 2.75) is 38.3 Å². The van der Waals surface area contributed by atoms with Crippen molar-refractivity contribution in [2.75, 3.05) is 13.6 Å². The number of guanidine groups is 1. The summed E-state index contributed by atoms with van der Waals surface area (Å²) in [6.07, 6.45) is 5.18. The van der Waals surface area contributed by atoms with Crippen LogP contribution >= 0.6 is 0 Å². The van der Waals surface area contributed by atoms with Gasteiger partial charge in [0, 0.05) is 31.6 Å². The number of nitrogens with zero attached hydrogens (tertiary/aromatic N) is 2. The number of carbonyl (C=O) groups excluding carboxylic acids is 1. The van der Waals surface area contributed by atoms with Crippen LogP contribution < -0.4 is 16.0 Å². The van der Waals surface area contributed by atoms with Crippen LogP contribution in [0.2, 0.25) is 0 Å². The van der Waals surface area contributed by atoms with Crippen molar-refractivity contribution in [3.05, 3.63) is 42.3 Å². The van der Waals surface area contributed by atoms with Crippen molar-refractivity contribution in [3.8, 4) is 11.5 Å². The van der Waals surface area contributed by atoms with Crippen molar-refractivity contribution in [1.82, 2.24) is 20.9 Å². The average molecular weight is 355 g/mol. The SMILES string of the molecule is CN=C(NCCCC(=O)NC1CC1)NCc1coc(-c2ccccc2)n1. The van der Waals surface area contributed by atoms with Crippen LogP contribution in [0.5, 0.6) is 0 Å². The van der Waals surface area contributed by atoms with Gasteiger partial charge in [-0.25, -0.2) is 4.98 Å². The molecule has 1 heterocycles. The van der Waals surface area contributed by atoms with Crippen LogP contribution in [0.3, 0.4) is 0 Å². The van der Waals surface area contributed by atoms with Gasteiger partial charge in [-0.2, -0.15) is 0 Å². The number of oxazole rings is 1. The minimum atomic E-state index is 0.133. The Morgan fingerprint density at radius 1 is 1.27 bits per heavy atom. The van der Waals surface area contributed by atoms with E-state index in [0.29, 0.717) is 37.4 Å². The molecule has 0 atom stereocenters. The Labute approximate surface area is 153 Å². The van der Waals surface area contributed by atoms with Crippen molar-refractivity contribution >= 4 is 11.9 Å². The van der Waals surface area contributed by atoms with Crippen molar-refractivity contribution < 1.29 is 9.21 Å². The number of aliphatic imine (C=N–C) groups is 1. The van der Waals surface area contributed by atoms with Crippen LogP contribution in [0, 0.1) is 0 Å². The van der Waals surface area contributed by atoms with Crippen LogP contribution in [-0.4, -0.2) is 36.5 Å². The van der Waals surface area contributed by atoms with E-state index in [1.54, 1.807) is 13.3 Å². The van der Waals surface area contributed by atoms with Crippen molar-refractivity contribution in [3.63, 3.8) is 0 Å². The van der Waals surface area contributed by atoms with Crippen molar-refractivity contribution in [2.24, 2.45) is 4.99 Å². The van der Waals surface area contributed by atoms with E-state index in [0.717, 1.165) is 30.5 Å². The molecule has 2 aromatic rings. The summed E-state index contributed by atoms with van der Waals surface area (Å²) in [7, 11) is 1.72. The summed E-state index contributed by atoms with van der Waals surface area (Å²) in [5, 5.41) is 9.39. The molecule has 1 aromatic heterocycles. The number of rotatable bonds is 8. The number of nitrogens with one attached hydrogen (secondary N) is 3. The summed E-state index contributed by atoms with van der Waals surface area (Å²) < 4.78 is 5.52. The maximum absolute atomic E-state index is 11.6. The van der Waals surface area contributed by atoms with E-state index in [1.807, 2.05) is 30.3 Å². The number of aromatic nitrogens is 1. The zero-order chi connectivity index (χ0) is 18.2. The molecule has 138 valence electrons. The Balaban J connectivity index is 1.37. The highest BCUT2D eigenvalue weighted by molar-refractivity contribution is 5.80. The lowest BCUT2D eigenvalue weighted by Gasteiger charge is -2.10. The molecule has 0 unspecified atom stereocenters. The van der Waals surface area contributed by atoms with Gasteiger partial charge in [0.1, 0.15) is 6.26 Å². The van der Waals surface area contributed by atoms with Gasteiger partial charge >= 0.3 is 0 Å². The molecule has 0 bridgehead atoms. The van der Waals surface area contributed by atoms with Gasteiger partial charge in [0.25, 0.3) is 0 Å². The molecule has 0 radical (unpaired) electrons. The van der Waals surface area contributed by atoms with Gasteiger partial charge in [0.2, 0.25) is 11.8 Å². The first-order chi connectivity index (χ1) is 12.7. The minimum absolute atomic E-state index is 0.133. The van der Waals surface area contributed by atoms with Gasteiger partial charge in [-0.1, -0.05) is 18.2 Å². The Morgan fingerprint density at radius 3 is 2.81 bits per heavy atom. The summed E-state index contributed by atoms with van der Waals surface area (Å²) in [6.45, 7) is 1.20. The van der Waals surface area contributed by atoms with E-state index in [1.165, 1.54) is 0 Å². The lowest BCUT2D eigenvalue weighted by atomic mass is 10.2. The van der Waals surface area contributed by atoms with Gasteiger partial charge in [-0.3, -0.25) is 9.79 Å². The van der Waals surface area contributed by atoms with E-state index >= 15 is 0 Å². The van der Waals surface area contributed by atoms with Gasteiger partial charge in [-0.15, -0.1) is 0 Å². The highest BCUT2D eigenvalue weighted by Crippen LogP contribution is 2.19. The van der Waals surface area contributed by atoms with Crippen LogP contribution in [0.1, 0.15) is 31.4 Å². The predicted molar refractivity (Wildman–Crippen MR) is 101 cm³/mol. The summed E-state index contributed by atoms with van der Waals surface area (Å²) in [4.78, 5) is 20.3. The van der Waals surface area contributed by atoms with Crippen LogP contribution in [0.25, 0.3) is 11.5 Å². The highest BCUT2D eigenvalue weighted by atomic mass is 16.3. The second-order valence-electron chi connectivity index (χ2n) is 6.31.